The van der Waals surface area contributed by atoms with Gasteiger partial charge in [-0.1, -0.05) is 72.8 Å². The molecule has 0 nitrogen and oxygen atoms in total. The molecule has 558 valence electrons. The van der Waals surface area contributed by atoms with Gasteiger partial charge in [0.1, 0.15) is 0 Å². The van der Waals surface area contributed by atoms with Gasteiger partial charge in [-0.05, 0) is 504 Å². The van der Waals surface area contributed by atoms with Gasteiger partial charge in [0.25, 0.3) is 0 Å². The van der Waals surface area contributed by atoms with E-state index in [2.05, 4.69) is 510 Å². The van der Waals surface area contributed by atoms with Gasteiger partial charge in [0.05, 0.1) is 136 Å². The zero-order chi connectivity index (χ0) is 80.2. The van der Waals surface area contributed by atoms with E-state index in [9.17, 15) is 0 Å². The average molecular weight is 1530 g/mol. The molecule has 0 aliphatic rings. The largest absolute Gasteiger partial charge is 0.0631 e. The first-order valence-corrected chi connectivity index (χ1v) is 41.4. The van der Waals surface area contributed by atoms with E-state index < -0.39 is 0 Å². The molecule has 0 saturated heterocycles. The first-order valence-electron chi connectivity index (χ1n) is 41.4. The lowest BCUT2D eigenvalue weighted by atomic mass is 9.73. The molecule has 0 fully saturated rings. The zero-order valence-corrected chi connectivity index (χ0v) is 66.5. The number of benzene rings is 19. The minimum atomic E-state index is 1.06. The van der Waals surface area contributed by atoms with Crippen molar-refractivity contribution < 1.29 is 0 Å². The van der Waals surface area contributed by atoms with Crippen LogP contribution in [0.4, 0.5) is 0 Å². The average Bonchev–Trinajstić information content (AvgIpc) is 0.710. The summed E-state index contributed by atoms with van der Waals surface area (Å²) in [7, 11) is 0. The van der Waals surface area contributed by atoms with Crippen LogP contribution in [0.3, 0.4) is 0 Å². The van der Waals surface area contributed by atoms with Crippen LogP contribution in [-0.2, 0) is 0 Å². The molecule has 19 aromatic rings. The fourth-order valence-electron chi connectivity index (χ4n) is 17.6. The molecule has 0 saturated carbocycles. The third-order valence-corrected chi connectivity index (χ3v) is 23.0. The second kappa shape index (κ2) is 34.8. The van der Waals surface area contributed by atoms with E-state index in [1.807, 2.05) is 0 Å². The summed E-state index contributed by atoms with van der Waals surface area (Å²) in [5.74, 6) is 6.95. The molecular formula is C120H84+6. The standard InChI is InChI=1S/C120H84/c1-13-37-85(38-14-1)109(86-39-15-2-16-40-86)97-61-73-103(74-62-97)115-116(104-75-63-98(64-76-104)110(87-41-17-3-18-42-87)88-43-19-4-20-44-88)118(106-79-67-100(68-80-106)112(91-49-25-7-26-50-91)92-51-27-8-28-52-92)120(108-83-71-102(72-84-108)114(95-57-33-11-34-58-95)96-59-35-12-36-60-96)119(107-81-69-101(70-82-107)113(93-53-29-9-30-54-93)94-55-31-10-32-56-94)117(115)105-77-65-99(66-78-105)111(89-45-21-5-22-46-89)90-47-23-6-24-48-90/h1-84H/q+6. The van der Waals surface area contributed by atoms with Gasteiger partial charge < -0.3 is 0 Å². The van der Waals surface area contributed by atoms with Crippen molar-refractivity contribution in [2.24, 2.45) is 0 Å². The van der Waals surface area contributed by atoms with Gasteiger partial charge in [0.15, 0.2) is 0 Å². The Morgan fingerprint density at radius 2 is 0.150 bits per heavy atom. The quantitative estimate of drug-likeness (QED) is 0.0418. The Hall–Kier alpha value is -15.6. The lowest BCUT2D eigenvalue weighted by Crippen LogP contribution is -2.07. The summed E-state index contributed by atoms with van der Waals surface area (Å²) in [5.41, 5.74) is 33.4. The molecule has 0 atom stereocenters. The summed E-state index contributed by atoms with van der Waals surface area (Å²) in [6.07, 6.45) is 0. The molecule has 0 N–H and O–H groups in total. The van der Waals surface area contributed by atoms with Gasteiger partial charge in [-0.25, -0.2) is 0 Å². The van der Waals surface area contributed by atoms with Crippen LogP contribution in [0.5, 0.6) is 0 Å². The maximum Gasteiger partial charge on any atom is 0.0631 e. The van der Waals surface area contributed by atoms with Crippen molar-refractivity contribution in [2.45, 2.75) is 0 Å². The maximum absolute atomic E-state index is 2.40. The fraction of sp³-hybridized carbons (Fsp3) is 0. The number of rotatable bonds is 24. The van der Waals surface area contributed by atoms with Crippen molar-refractivity contribution in [3.05, 3.63) is 645 Å². The van der Waals surface area contributed by atoms with Gasteiger partial charge >= 0.3 is 0 Å². The van der Waals surface area contributed by atoms with Crippen molar-refractivity contribution in [1.82, 2.24) is 0 Å². The second-order valence-electron chi connectivity index (χ2n) is 30.4. The minimum absolute atomic E-state index is 1.06. The highest BCUT2D eigenvalue weighted by molar-refractivity contribution is 6.15. The summed E-state index contributed by atoms with van der Waals surface area (Å²) >= 11 is 0. The molecule has 0 aromatic heterocycles. The number of hydrogen-bond acceptors (Lipinski definition) is 0. The van der Waals surface area contributed by atoms with Crippen LogP contribution in [-0.4, -0.2) is 0 Å². The molecule has 0 amide bonds. The molecule has 0 unspecified atom stereocenters. The van der Waals surface area contributed by atoms with Crippen LogP contribution in [0.1, 0.15) is 100 Å². The van der Waals surface area contributed by atoms with Gasteiger partial charge in [-0.2, -0.15) is 0 Å². The molecule has 0 heteroatoms. The van der Waals surface area contributed by atoms with E-state index in [-0.39, 0.29) is 0 Å². The SMILES string of the molecule is c1ccc([C+](c2ccccc2)c2ccc(-c3c(-c4ccc([C+](c5ccccc5)c5ccccc5)cc4)c(-c4ccc([C+](c5ccccc5)c5ccccc5)cc4)c(-c4ccc([C+](c5ccccc5)c5ccccc5)cc4)c(-c4ccc([C+](c5ccccc5)c5ccccc5)cc4)c3-c3ccc([C+](c4ccccc4)c4ccccc4)cc3)cc2)cc1. The Balaban J connectivity index is 0.959. The summed E-state index contributed by atoms with van der Waals surface area (Å²) in [4.78, 5) is 0. The molecule has 0 aliphatic carbocycles. The monoisotopic (exact) mass is 1520 g/mol. The van der Waals surface area contributed by atoms with Crippen molar-refractivity contribution >= 4 is 0 Å². The van der Waals surface area contributed by atoms with Crippen LogP contribution >= 0.6 is 0 Å². The summed E-state index contributed by atoms with van der Waals surface area (Å²) < 4.78 is 0. The Labute approximate surface area is 707 Å². The lowest BCUT2D eigenvalue weighted by Gasteiger charge is -2.29. The van der Waals surface area contributed by atoms with Crippen molar-refractivity contribution in [2.75, 3.05) is 0 Å². The van der Waals surface area contributed by atoms with Crippen molar-refractivity contribution in [3.63, 3.8) is 0 Å². The van der Waals surface area contributed by atoms with Gasteiger partial charge in [-0.15, -0.1) is 0 Å². The van der Waals surface area contributed by atoms with E-state index in [1.165, 1.54) is 0 Å². The van der Waals surface area contributed by atoms with E-state index in [4.69, 9.17) is 0 Å². The maximum atomic E-state index is 2.40. The Morgan fingerprint density at radius 3 is 0.233 bits per heavy atom. The van der Waals surface area contributed by atoms with E-state index in [0.717, 1.165) is 202 Å². The van der Waals surface area contributed by atoms with Crippen LogP contribution in [0.15, 0.2) is 510 Å². The minimum Gasteiger partial charge on any atom is -0.0511 e. The molecule has 19 aromatic carbocycles. The molecular weight excluding hydrogens is 1440 g/mol. The van der Waals surface area contributed by atoms with Gasteiger partial charge in [-0.3, -0.25) is 0 Å². The predicted octanol–water partition coefficient (Wildman–Crippen LogP) is 29.8. The van der Waals surface area contributed by atoms with Gasteiger partial charge in [0, 0.05) is 0 Å². The molecule has 0 spiro atoms. The smallest absolute Gasteiger partial charge is 0.0511 e. The summed E-state index contributed by atoms with van der Waals surface area (Å²) in [6, 6.07) is 188. The summed E-state index contributed by atoms with van der Waals surface area (Å²) in [6.45, 7) is 0. The highest BCUT2D eigenvalue weighted by Crippen LogP contribution is 2.57. The Kier molecular flexibility index (Phi) is 21.6. The third kappa shape index (κ3) is 15.5. The van der Waals surface area contributed by atoms with E-state index >= 15 is 0 Å². The predicted molar refractivity (Wildman–Crippen MR) is 500 cm³/mol. The van der Waals surface area contributed by atoms with Gasteiger partial charge in [0.2, 0.25) is 0 Å². The lowest BCUT2D eigenvalue weighted by molar-refractivity contribution is 1.22. The van der Waals surface area contributed by atoms with E-state index in [0.29, 0.717) is 0 Å². The topological polar surface area (TPSA) is 0 Å². The second-order valence-corrected chi connectivity index (χ2v) is 30.4. The molecule has 0 aliphatic heterocycles. The van der Waals surface area contributed by atoms with Crippen LogP contribution in [0, 0.1) is 35.5 Å². The number of hydrogen-bond donors (Lipinski definition) is 0. The normalized spacial score (nSPS) is 11.0. The molecule has 19 rings (SSSR count). The van der Waals surface area contributed by atoms with Crippen molar-refractivity contribution in [3.8, 4) is 66.8 Å². The molecule has 120 heavy (non-hydrogen) atoms. The van der Waals surface area contributed by atoms with Crippen molar-refractivity contribution in [1.29, 1.82) is 0 Å². The summed E-state index contributed by atoms with van der Waals surface area (Å²) in [5, 5.41) is 0. The first-order chi connectivity index (χ1) is 59.6. The first kappa shape index (κ1) is 74.5. The Morgan fingerprint density at radius 1 is 0.0750 bits per heavy atom. The van der Waals surface area contributed by atoms with Crippen LogP contribution in [0.25, 0.3) is 66.8 Å². The highest BCUT2D eigenvalue weighted by Gasteiger charge is 2.35. The molecule has 0 heterocycles. The molecule has 0 radical (unpaired) electrons. The Bertz CT molecular complexity index is 5190. The molecule has 0 bridgehead atoms. The highest BCUT2D eigenvalue weighted by atomic mass is 14.4. The third-order valence-electron chi connectivity index (χ3n) is 23.0. The van der Waals surface area contributed by atoms with Crippen LogP contribution in [0.2, 0.25) is 0 Å². The van der Waals surface area contributed by atoms with Crippen LogP contribution < -0.4 is 0 Å². The fourth-order valence-corrected chi connectivity index (χ4v) is 17.6. The van der Waals surface area contributed by atoms with E-state index in [1.54, 1.807) is 0 Å². The zero-order valence-electron chi connectivity index (χ0n) is 66.5.